The van der Waals surface area contributed by atoms with Gasteiger partial charge in [0.15, 0.2) is 0 Å². The molecule has 2 saturated heterocycles. The molecule has 3 amide bonds. The molecule has 1 aromatic carbocycles. The molecule has 0 aliphatic carbocycles. The second-order valence-corrected chi connectivity index (χ2v) is 7.31. The van der Waals surface area contributed by atoms with Crippen LogP contribution in [0.2, 0.25) is 0 Å². The summed E-state index contributed by atoms with van der Waals surface area (Å²) in [6.07, 6.45) is -1.17. The maximum atomic E-state index is 14.8. The van der Waals surface area contributed by atoms with Gasteiger partial charge in [-0.1, -0.05) is 0 Å². The Balaban J connectivity index is 1.61. The third-order valence-electron chi connectivity index (χ3n) is 5.14. The van der Waals surface area contributed by atoms with Gasteiger partial charge in [-0.25, -0.2) is 9.18 Å². The molecule has 2 heterocycles. The van der Waals surface area contributed by atoms with E-state index >= 15 is 0 Å². The number of hydrogen-bond acceptors (Lipinski definition) is 7. The van der Waals surface area contributed by atoms with Gasteiger partial charge >= 0.3 is 6.09 Å². The number of amides is 3. The Labute approximate surface area is 173 Å². The molecule has 1 unspecified atom stereocenters. The van der Waals surface area contributed by atoms with Crippen molar-refractivity contribution in [2.45, 2.75) is 19.1 Å². The lowest BCUT2D eigenvalue weighted by Crippen LogP contribution is -2.49. The number of anilines is 2. The Morgan fingerprint density at radius 2 is 2.03 bits per heavy atom. The van der Waals surface area contributed by atoms with E-state index in [0.717, 1.165) is 0 Å². The van der Waals surface area contributed by atoms with Gasteiger partial charge in [0, 0.05) is 26.2 Å². The summed E-state index contributed by atoms with van der Waals surface area (Å²) in [6.45, 7) is 2.99. The lowest BCUT2D eigenvalue weighted by Gasteiger charge is -2.36. The second-order valence-electron chi connectivity index (χ2n) is 7.31. The molecule has 2 atom stereocenters. The number of benzene rings is 1. The third kappa shape index (κ3) is 4.79. The van der Waals surface area contributed by atoms with Crippen molar-refractivity contribution in [1.82, 2.24) is 10.2 Å². The Bertz CT molecular complexity index is 813. The SMILES string of the molecule is CC(N)C(=O)NC[C@H]1CN(c2ccc(N3CCN(C(=O)CO)CC3)c(F)c2)C(=O)O1. The summed E-state index contributed by atoms with van der Waals surface area (Å²) in [4.78, 5) is 39.9. The standard InChI is InChI=1S/C19H26FN5O5/c1-12(21)18(28)22-9-14-10-25(19(29)30-14)13-2-3-16(15(20)8-13)23-4-6-24(7-5-23)17(27)11-26/h2-3,8,12,14,26H,4-7,9-11,21H2,1H3,(H,22,28)/t12?,14-/m0/s1. The Hall–Kier alpha value is -2.92. The monoisotopic (exact) mass is 423 g/mol. The molecule has 1 aromatic rings. The lowest BCUT2D eigenvalue weighted by atomic mass is 10.2. The predicted molar refractivity (Wildman–Crippen MR) is 107 cm³/mol. The predicted octanol–water partition coefficient (Wildman–Crippen LogP) is -0.745. The summed E-state index contributed by atoms with van der Waals surface area (Å²) in [5.41, 5.74) is 6.22. The average molecular weight is 423 g/mol. The highest BCUT2D eigenvalue weighted by molar-refractivity contribution is 5.90. The van der Waals surface area contributed by atoms with E-state index in [2.05, 4.69) is 5.32 Å². The minimum absolute atomic E-state index is 0.125. The Morgan fingerprint density at radius 3 is 2.63 bits per heavy atom. The normalized spacial score (nSPS) is 20.2. The summed E-state index contributed by atoms with van der Waals surface area (Å²) in [5, 5.41) is 11.5. The molecular weight excluding hydrogens is 397 g/mol. The number of halogens is 1. The summed E-state index contributed by atoms with van der Waals surface area (Å²) in [7, 11) is 0. The summed E-state index contributed by atoms with van der Waals surface area (Å²) < 4.78 is 20.0. The molecular formula is C19H26FN5O5. The van der Waals surface area contributed by atoms with Gasteiger partial charge in [-0.05, 0) is 25.1 Å². The first-order valence-corrected chi connectivity index (χ1v) is 9.74. The van der Waals surface area contributed by atoms with Crippen LogP contribution in [0, 0.1) is 5.82 Å². The van der Waals surface area contributed by atoms with Crippen LogP contribution in [0.25, 0.3) is 0 Å². The number of rotatable bonds is 6. The fraction of sp³-hybridized carbons (Fsp3) is 0.526. The van der Waals surface area contributed by atoms with Crippen LogP contribution in [0.4, 0.5) is 20.6 Å². The number of cyclic esters (lactones) is 1. The first-order chi connectivity index (χ1) is 14.3. The van der Waals surface area contributed by atoms with Crippen molar-refractivity contribution in [3.8, 4) is 0 Å². The number of carbonyl (C=O) groups is 3. The zero-order chi connectivity index (χ0) is 21.8. The number of nitrogens with one attached hydrogen (secondary N) is 1. The highest BCUT2D eigenvalue weighted by Crippen LogP contribution is 2.28. The molecule has 2 fully saturated rings. The number of aliphatic hydroxyl groups excluding tert-OH is 1. The molecule has 4 N–H and O–H groups in total. The highest BCUT2D eigenvalue weighted by Gasteiger charge is 2.33. The number of ether oxygens (including phenoxy) is 1. The summed E-state index contributed by atoms with van der Waals surface area (Å²) in [5.74, 6) is -1.18. The molecule has 0 saturated carbocycles. The molecule has 11 heteroatoms. The van der Waals surface area contributed by atoms with Crippen LogP contribution in [0.1, 0.15) is 6.92 Å². The van der Waals surface area contributed by atoms with Gasteiger partial charge < -0.3 is 30.7 Å². The maximum absolute atomic E-state index is 14.8. The lowest BCUT2D eigenvalue weighted by molar-refractivity contribution is -0.134. The van der Waals surface area contributed by atoms with Gasteiger partial charge in [-0.2, -0.15) is 0 Å². The van der Waals surface area contributed by atoms with Gasteiger partial charge in [0.25, 0.3) is 0 Å². The van der Waals surface area contributed by atoms with Gasteiger partial charge in [0.1, 0.15) is 18.5 Å². The molecule has 3 rings (SSSR count). The maximum Gasteiger partial charge on any atom is 0.414 e. The summed E-state index contributed by atoms with van der Waals surface area (Å²) in [6, 6.07) is 3.83. The van der Waals surface area contributed by atoms with Gasteiger partial charge in [0.2, 0.25) is 11.8 Å². The van der Waals surface area contributed by atoms with E-state index in [0.29, 0.717) is 37.6 Å². The molecule has 0 aromatic heterocycles. The molecule has 10 nitrogen and oxygen atoms in total. The minimum Gasteiger partial charge on any atom is -0.442 e. The van der Waals surface area contributed by atoms with Crippen LogP contribution in [-0.2, 0) is 14.3 Å². The first-order valence-electron chi connectivity index (χ1n) is 9.74. The zero-order valence-electron chi connectivity index (χ0n) is 16.7. The average Bonchev–Trinajstić information content (AvgIpc) is 3.12. The van der Waals surface area contributed by atoms with Crippen molar-refractivity contribution in [2.75, 3.05) is 55.7 Å². The molecule has 2 aliphatic rings. The Kier molecular flexibility index (Phi) is 6.73. The number of piperazine rings is 1. The van der Waals surface area contributed by atoms with Crippen LogP contribution in [-0.4, -0.2) is 85.9 Å². The molecule has 164 valence electrons. The van der Waals surface area contributed by atoms with Crippen LogP contribution in [0.15, 0.2) is 18.2 Å². The molecule has 30 heavy (non-hydrogen) atoms. The quantitative estimate of drug-likeness (QED) is 0.549. The highest BCUT2D eigenvalue weighted by atomic mass is 19.1. The van der Waals surface area contributed by atoms with Crippen molar-refractivity contribution in [2.24, 2.45) is 5.73 Å². The van der Waals surface area contributed by atoms with Crippen LogP contribution in [0.3, 0.4) is 0 Å². The number of aliphatic hydroxyl groups is 1. The third-order valence-corrected chi connectivity index (χ3v) is 5.14. The van der Waals surface area contributed by atoms with E-state index in [1.165, 1.54) is 15.9 Å². The van der Waals surface area contributed by atoms with Gasteiger partial charge in [-0.3, -0.25) is 14.5 Å². The van der Waals surface area contributed by atoms with E-state index < -0.39 is 30.7 Å². The molecule has 0 bridgehead atoms. The Morgan fingerprint density at radius 1 is 1.33 bits per heavy atom. The van der Waals surface area contributed by atoms with Crippen molar-refractivity contribution in [1.29, 1.82) is 0 Å². The van der Waals surface area contributed by atoms with E-state index in [4.69, 9.17) is 15.6 Å². The van der Waals surface area contributed by atoms with Crippen molar-refractivity contribution in [3.63, 3.8) is 0 Å². The first kappa shape index (κ1) is 21.8. The molecule has 0 radical (unpaired) electrons. The van der Waals surface area contributed by atoms with E-state index in [9.17, 15) is 18.8 Å². The van der Waals surface area contributed by atoms with E-state index in [1.54, 1.807) is 19.1 Å². The summed E-state index contributed by atoms with van der Waals surface area (Å²) >= 11 is 0. The molecule has 0 spiro atoms. The van der Waals surface area contributed by atoms with Crippen molar-refractivity contribution < 1.29 is 28.6 Å². The smallest absolute Gasteiger partial charge is 0.414 e. The van der Waals surface area contributed by atoms with Gasteiger partial charge in [-0.15, -0.1) is 0 Å². The van der Waals surface area contributed by atoms with E-state index in [-0.39, 0.29) is 24.9 Å². The number of carbonyl (C=O) groups excluding carboxylic acids is 3. The van der Waals surface area contributed by atoms with Crippen LogP contribution >= 0.6 is 0 Å². The van der Waals surface area contributed by atoms with Gasteiger partial charge in [0.05, 0.1) is 30.5 Å². The van der Waals surface area contributed by atoms with Crippen LogP contribution < -0.4 is 20.9 Å². The fourth-order valence-corrected chi connectivity index (χ4v) is 3.43. The minimum atomic E-state index is -0.663. The van der Waals surface area contributed by atoms with Crippen molar-refractivity contribution in [3.05, 3.63) is 24.0 Å². The second kappa shape index (κ2) is 9.26. The van der Waals surface area contributed by atoms with Crippen molar-refractivity contribution >= 4 is 29.3 Å². The number of hydrogen-bond donors (Lipinski definition) is 3. The zero-order valence-corrected chi connectivity index (χ0v) is 16.7. The number of nitrogens with two attached hydrogens (primary N) is 1. The fourth-order valence-electron chi connectivity index (χ4n) is 3.43. The van der Waals surface area contributed by atoms with Crippen LogP contribution in [0.5, 0.6) is 0 Å². The number of nitrogens with zero attached hydrogens (tertiary/aromatic N) is 3. The molecule has 2 aliphatic heterocycles. The van der Waals surface area contributed by atoms with E-state index in [1.807, 2.05) is 4.90 Å². The topological polar surface area (TPSA) is 128 Å². The largest absolute Gasteiger partial charge is 0.442 e.